The SMILES string of the molecule is CCC(C)CSc1cc(C)c(N)cc1Br. The number of hydrogen-bond donors (Lipinski definition) is 1. The van der Waals surface area contributed by atoms with E-state index < -0.39 is 0 Å². The first-order valence-electron chi connectivity index (χ1n) is 5.23. The molecule has 0 saturated carbocycles. The third-order valence-corrected chi connectivity index (χ3v) is 4.84. The van der Waals surface area contributed by atoms with E-state index in [1.54, 1.807) is 0 Å². The lowest BCUT2D eigenvalue weighted by Crippen LogP contribution is -1.96. The Morgan fingerprint density at radius 2 is 2.13 bits per heavy atom. The summed E-state index contributed by atoms with van der Waals surface area (Å²) in [6.45, 7) is 6.56. The zero-order chi connectivity index (χ0) is 11.4. The summed E-state index contributed by atoms with van der Waals surface area (Å²) < 4.78 is 1.11. The summed E-state index contributed by atoms with van der Waals surface area (Å²) in [5, 5.41) is 0. The van der Waals surface area contributed by atoms with Crippen LogP contribution >= 0.6 is 27.7 Å². The van der Waals surface area contributed by atoms with E-state index in [4.69, 9.17) is 5.73 Å². The Hall–Kier alpha value is -0.150. The van der Waals surface area contributed by atoms with Crippen LogP contribution in [0, 0.1) is 12.8 Å². The fourth-order valence-corrected chi connectivity index (χ4v) is 2.99. The molecule has 0 amide bonds. The maximum absolute atomic E-state index is 5.83. The molecule has 0 spiro atoms. The van der Waals surface area contributed by atoms with Crippen LogP contribution in [0.1, 0.15) is 25.8 Å². The minimum Gasteiger partial charge on any atom is -0.398 e. The van der Waals surface area contributed by atoms with Crippen LogP contribution in [0.5, 0.6) is 0 Å². The summed E-state index contributed by atoms with van der Waals surface area (Å²) in [6, 6.07) is 4.15. The fourth-order valence-electron chi connectivity index (χ4n) is 1.13. The van der Waals surface area contributed by atoms with Gasteiger partial charge in [-0.15, -0.1) is 11.8 Å². The zero-order valence-electron chi connectivity index (χ0n) is 9.51. The van der Waals surface area contributed by atoms with Crippen LogP contribution in [0.3, 0.4) is 0 Å². The summed E-state index contributed by atoms with van der Waals surface area (Å²) in [7, 11) is 0. The topological polar surface area (TPSA) is 26.0 Å². The van der Waals surface area contributed by atoms with E-state index in [9.17, 15) is 0 Å². The highest BCUT2D eigenvalue weighted by Crippen LogP contribution is 2.32. The Kier molecular flexibility index (Phi) is 5.00. The highest BCUT2D eigenvalue weighted by atomic mass is 79.9. The number of thioether (sulfide) groups is 1. The molecule has 1 atom stereocenters. The average molecular weight is 288 g/mol. The van der Waals surface area contributed by atoms with E-state index in [0.717, 1.165) is 21.6 Å². The van der Waals surface area contributed by atoms with E-state index in [2.05, 4.69) is 42.8 Å². The monoisotopic (exact) mass is 287 g/mol. The Bertz CT molecular complexity index is 339. The van der Waals surface area contributed by atoms with E-state index in [0.29, 0.717) is 0 Å². The van der Waals surface area contributed by atoms with Crippen LogP contribution in [0.25, 0.3) is 0 Å². The van der Waals surface area contributed by atoms with Crippen LogP contribution in [0.2, 0.25) is 0 Å². The van der Waals surface area contributed by atoms with Crippen molar-refractivity contribution < 1.29 is 0 Å². The van der Waals surface area contributed by atoms with E-state index >= 15 is 0 Å². The van der Waals surface area contributed by atoms with Crippen molar-refractivity contribution in [3.63, 3.8) is 0 Å². The summed E-state index contributed by atoms with van der Waals surface area (Å²) in [4.78, 5) is 1.29. The third kappa shape index (κ3) is 3.72. The quantitative estimate of drug-likeness (QED) is 0.653. The first kappa shape index (κ1) is 12.9. The van der Waals surface area contributed by atoms with Gasteiger partial charge in [-0.1, -0.05) is 20.3 Å². The van der Waals surface area contributed by atoms with Crippen molar-refractivity contribution in [3.05, 3.63) is 22.2 Å². The largest absolute Gasteiger partial charge is 0.398 e. The van der Waals surface area contributed by atoms with Gasteiger partial charge in [-0.05, 0) is 46.5 Å². The van der Waals surface area contributed by atoms with Gasteiger partial charge in [-0.25, -0.2) is 0 Å². The lowest BCUT2D eigenvalue weighted by atomic mass is 10.2. The van der Waals surface area contributed by atoms with Crippen LogP contribution in [-0.2, 0) is 0 Å². The molecule has 84 valence electrons. The van der Waals surface area contributed by atoms with Crippen molar-refractivity contribution in [2.75, 3.05) is 11.5 Å². The minimum atomic E-state index is 0.764. The molecule has 0 bridgehead atoms. The van der Waals surface area contributed by atoms with Crippen molar-refractivity contribution in [2.24, 2.45) is 5.92 Å². The van der Waals surface area contributed by atoms with E-state index in [-0.39, 0.29) is 0 Å². The predicted molar refractivity (Wildman–Crippen MR) is 73.5 cm³/mol. The molecule has 1 aromatic rings. The molecule has 1 rings (SSSR count). The van der Waals surface area contributed by atoms with Gasteiger partial charge in [0.2, 0.25) is 0 Å². The Morgan fingerprint density at radius 1 is 1.47 bits per heavy atom. The van der Waals surface area contributed by atoms with Crippen molar-refractivity contribution in [1.82, 2.24) is 0 Å². The first-order valence-corrected chi connectivity index (χ1v) is 7.00. The van der Waals surface area contributed by atoms with Crippen LogP contribution < -0.4 is 5.73 Å². The number of nitrogen functional groups attached to an aromatic ring is 1. The first-order chi connectivity index (χ1) is 7.04. The van der Waals surface area contributed by atoms with Gasteiger partial charge in [0.05, 0.1) is 0 Å². The molecule has 1 nitrogen and oxygen atoms in total. The van der Waals surface area contributed by atoms with Gasteiger partial charge in [0.1, 0.15) is 0 Å². The highest BCUT2D eigenvalue weighted by molar-refractivity contribution is 9.10. The second-order valence-electron chi connectivity index (χ2n) is 3.96. The maximum Gasteiger partial charge on any atom is 0.0355 e. The van der Waals surface area contributed by atoms with Crippen molar-refractivity contribution in [3.8, 4) is 0 Å². The normalized spacial score (nSPS) is 12.8. The molecule has 3 heteroatoms. The Balaban J connectivity index is 2.73. The van der Waals surface area contributed by atoms with Crippen LogP contribution in [0.4, 0.5) is 5.69 Å². The molecule has 0 aromatic heterocycles. The molecular weight excluding hydrogens is 270 g/mol. The number of aryl methyl sites for hydroxylation is 1. The minimum absolute atomic E-state index is 0.764. The van der Waals surface area contributed by atoms with Gasteiger partial charge >= 0.3 is 0 Å². The van der Waals surface area contributed by atoms with Gasteiger partial charge in [0.15, 0.2) is 0 Å². The molecule has 0 aliphatic carbocycles. The lowest BCUT2D eigenvalue weighted by Gasteiger charge is -2.11. The molecule has 0 fully saturated rings. The summed E-state index contributed by atoms with van der Waals surface area (Å²) in [5.41, 5.74) is 7.85. The van der Waals surface area contributed by atoms with Gasteiger partial charge in [-0.2, -0.15) is 0 Å². The Morgan fingerprint density at radius 3 is 2.73 bits per heavy atom. The molecule has 0 radical (unpaired) electrons. The Labute approximate surface area is 105 Å². The molecule has 0 heterocycles. The van der Waals surface area contributed by atoms with Crippen molar-refractivity contribution in [1.29, 1.82) is 0 Å². The third-order valence-electron chi connectivity index (χ3n) is 2.54. The van der Waals surface area contributed by atoms with Crippen LogP contribution in [0.15, 0.2) is 21.5 Å². The van der Waals surface area contributed by atoms with E-state index in [1.807, 2.05) is 17.8 Å². The molecule has 15 heavy (non-hydrogen) atoms. The molecule has 0 aliphatic heterocycles. The van der Waals surface area contributed by atoms with Gasteiger partial charge in [0, 0.05) is 20.8 Å². The molecular formula is C12H18BrNS. The lowest BCUT2D eigenvalue weighted by molar-refractivity contribution is 0.637. The standard InChI is InChI=1S/C12H18BrNS/c1-4-8(2)7-15-12-5-9(3)11(14)6-10(12)13/h5-6,8H,4,7,14H2,1-3H3. The number of anilines is 1. The maximum atomic E-state index is 5.83. The zero-order valence-corrected chi connectivity index (χ0v) is 11.9. The number of benzene rings is 1. The number of halogens is 1. The highest BCUT2D eigenvalue weighted by Gasteiger charge is 2.06. The number of nitrogens with two attached hydrogens (primary N) is 1. The number of hydrogen-bond acceptors (Lipinski definition) is 2. The second kappa shape index (κ2) is 5.80. The molecule has 0 saturated heterocycles. The molecule has 2 N–H and O–H groups in total. The van der Waals surface area contributed by atoms with Crippen molar-refractivity contribution in [2.45, 2.75) is 32.1 Å². The van der Waals surface area contributed by atoms with Gasteiger partial charge in [-0.3, -0.25) is 0 Å². The van der Waals surface area contributed by atoms with E-state index in [1.165, 1.54) is 17.1 Å². The predicted octanol–water partition coefficient (Wildman–Crippen LogP) is 4.48. The summed E-state index contributed by atoms with van der Waals surface area (Å²) in [5.74, 6) is 1.93. The summed E-state index contributed by atoms with van der Waals surface area (Å²) >= 11 is 5.45. The smallest absolute Gasteiger partial charge is 0.0355 e. The van der Waals surface area contributed by atoms with Crippen molar-refractivity contribution >= 4 is 33.4 Å². The van der Waals surface area contributed by atoms with Gasteiger partial charge in [0.25, 0.3) is 0 Å². The molecule has 0 aliphatic rings. The number of rotatable bonds is 4. The fraction of sp³-hybridized carbons (Fsp3) is 0.500. The molecule has 1 unspecified atom stereocenters. The molecule has 1 aromatic carbocycles. The summed E-state index contributed by atoms with van der Waals surface area (Å²) in [6.07, 6.45) is 1.23. The van der Waals surface area contributed by atoms with Gasteiger partial charge < -0.3 is 5.73 Å². The average Bonchev–Trinajstić information content (AvgIpc) is 2.21. The second-order valence-corrected chi connectivity index (χ2v) is 5.88. The van der Waals surface area contributed by atoms with Crippen LogP contribution in [-0.4, -0.2) is 5.75 Å².